The first kappa shape index (κ1) is 20.2. The van der Waals surface area contributed by atoms with E-state index in [1.54, 1.807) is 12.1 Å². The van der Waals surface area contributed by atoms with Gasteiger partial charge in [-0.05, 0) is 18.2 Å². The van der Waals surface area contributed by atoms with Gasteiger partial charge in [-0.3, -0.25) is 14.4 Å². The summed E-state index contributed by atoms with van der Waals surface area (Å²) >= 11 is 0. The van der Waals surface area contributed by atoms with Gasteiger partial charge in [0, 0.05) is 25.2 Å². The average molecular weight is 401 g/mol. The number of hydrogen-bond acceptors (Lipinski definition) is 8. The van der Waals surface area contributed by atoms with E-state index in [0.717, 1.165) is 12.3 Å². The summed E-state index contributed by atoms with van der Waals surface area (Å²) in [6, 6.07) is 5.75. The Hall–Kier alpha value is -3.59. The van der Waals surface area contributed by atoms with Crippen LogP contribution in [-0.2, 0) is 16.1 Å². The molecule has 1 aromatic carbocycles. The molecule has 2 aromatic heterocycles. The normalized spacial score (nSPS) is 12.1. The number of fused-ring (bicyclic) bond motifs is 1. The van der Waals surface area contributed by atoms with E-state index in [0.29, 0.717) is 11.3 Å². The summed E-state index contributed by atoms with van der Waals surface area (Å²) in [4.78, 5) is 36.9. The number of nitrogens with two attached hydrogens (primary N) is 1. The second kappa shape index (κ2) is 8.19. The van der Waals surface area contributed by atoms with Crippen LogP contribution < -0.4 is 21.3 Å². The monoisotopic (exact) mass is 401 g/mol. The smallest absolute Gasteiger partial charge is 0.227 e. The van der Waals surface area contributed by atoms with Crippen LogP contribution in [0.2, 0.25) is 0 Å². The van der Waals surface area contributed by atoms with Gasteiger partial charge < -0.3 is 29.1 Å². The Labute approximate surface area is 164 Å². The van der Waals surface area contributed by atoms with E-state index in [2.05, 4.69) is 0 Å². The first-order chi connectivity index (χ1) is 13.8. The highest BCUT2D eigenvalue weighted by atomic mass is 16.5. The number of rotatable bonds is 7. The molecule has 1 unspecified atom stereocenters. The van der Waals surface area contributed by atoms with Gasteiger partial charge in [-0.25, -0.2) is 0 Å². The quantitative estimate of drug-likeness (QED) is 0.608. The van der Waals surface area contributed by atoms with Crippen LogP contribution in [0.5, 0.6) is 11.5 Å². The topological polar surface area (TPSA) is 142 Å². The van der Waals surface area contributed by atoms with Crippen molar-refractivity contribution in [2.45, 2.75) is 18.9 Å². The van der Waals surface area contributed by atoms with Crippen molar-refractivity contribution in [2.75, 3.05) is 14.2 Å². The molecule has 29 heavy (non-hydrogen) atoms. The standard InChI is InChI=1S/C20H19NO8/c1-26-8-11-6-15(22)19(25)20(29-11)12(7-17(21)23)14-9-28-16-4-3-10(27-2)5-13(16)18(14)24/h3-6,9,12,25H,7-8H2,1-2H3,(H2,21,23). The zero-order valence-corrected chi connectivity index (χ0v) is 15.8. The highest BCUT2D eigenvalue weighted by Crippen LogP contribution is 2.32. The van der Waals surface area contributed by atoms with Crippen LogP contribution >= 0.6 is 0 Å². The first-order valence-corrected chi connectivity index (χ1v) is 8.58. The van der Waals surface area contributed by atoms with Crippen LogP contribution in [0.15, 0.2) is 49.0 Å². The van der Waals surface area contributed by atoms with E-state index in [1.165, 1.54) is 20.3 Å². The molecule has 3 rings (SSSR count). The third-order valence-electron chi connectivity index (χ3n) is 4.39. The number of primary amides is 1. The summed E-state index contributed by atoms with van der Waals surface area (Å²) in [6.45, 7) is -0.0463. The molecule has 0 radical (unpaired) electrons. The Kier molecular flexibility index (Phi) is 5.69. The van der Waals surface area contributed by atoms with Crippen LogP contribution in [0.4, 0.5) is 0 Å². The van der Waals surface area contributed by atoms with Crippen LogP contribution in [0.1, 0.15) is 29.4 Å². The molecule has 0 spiro atoms. The number of benzene rings is 1. The minimum atomic E-state index is -1.14. The number of hydrogen-bond donors (Lipinski definition) is 2. The second-order valence-corrected chi connectivity index (χ2v) is 6.33. The van der Waals surface area contributed by atoms with Gasteiger partial charge in [-0.1, -0.05) is 0 Å². The highest BCUT2D eigenvalue weighted by molar-refractivity contribution is 5.80. The number of amides is 1. The number of methoxy groups -OCH3 is 2. The SMILES string of the molecule is COCc1cc(=O)c(O)c(C(CC(N)=O)c2coc3ccc(OC)cc3c2=O)o1. The van der Waals surface area contributed by atoms with Gasteiger partial charge in [0.25, 0.3) is 0 Å². The summed E-state index contributed by atoms with van der Waals surface area (Å²) < 4.78 is 21.2. The van der Waals surface area contributed by atoms with Crippen molar-refractivity contribution in [3.05, 3.63) is 68.1 Å². The first-order valence-electron chi connectivity index (χ1n) is 8.58. The van der Waals surface area contributed by atoms with Crippen molar-refractivity contribution >= 4 is 16.9 Å². The number of carbonyl (C=O) groups excluding carboxylic acids is 1. The summed E-state index contributed by atoms with van der Waals surface area (Å²) in [7, 11) is 2.86. The van der Waals surface area contributed by atoms with Gasteiger partial charge in [0.05, 0.1) is 24.7 Å². The maximum Gasteiger partial charge on any atom is 0.227 e. The van der Waals surface area contributed by atoms with Crippen LogP contribution in [0.25, 0.3) is 11.0 Å². The summed E-state index contributed by atoms with van der Waals surface area (Å²) in [5.74, 6) is -2.33. The molecule has 0 saturated heterocycles. The van der Waals surface area contributed by atoms with Crippen molar-refractivity contribution < 1.29 is 28.2 Å². The van der Waals surface area contributed by atoms with E-state index in [-0.39, 0.29) is 29.1 Å². The minimum absolute atomic E-state index is 0.00225. The summed E-state index contributed by atoms with van der Waals surface area (Å²) in [5.41, 5.74) is 4.43. The second-order valence-electron chi connectivity index (χ2n) is 6.33. The van der Waals surface area contributed by atoms with Crippen molar-refractivity contribution in [2.24, 2.45) is 5.73 Å². The van der Waals surface area contributed by atoms with E-state index < -0.39 is 34.9 Å². The molecular formula is C20H19NO8. The molecule has 0 fully saturated rings. The Balaban J connectivity index is 2.26. The largest absolute Gasteiger partial charge is 0.502 e. The van der Waals surface area contributed by atoms with Crippen LogP contribution in [0.3, 0.4) is 0 Å². The molecule has 0 aliphatic rings. The lowest BCUT2D eigenvalue weighted by atomic mass is 9.92. The third kappa shape index (κ3) is 3.99. The average Bonchev–Trinajstić information content (AvgIpc) is 2.69. The predicted octanol–water partition coefficient (Wildman–Crippen LogP) is 1.61. The molecule has 2 heterocycles. The van der Waals surface area contributed by atoms with Crippen molar-refractivity contribution in [3.63, 3.8) is 0 Å². The molecule has 1 amide bonds. The van der Waals surface area contributed by atoms with Crippen molar-refractivity contribution in [1.82, 2.24) is 0 Å². The van der Waals surface area contributed by atoms with Gasteiger partial charge >= 0.3 is 0 Å². The van der Waals surface area contributed by atoms with Crippen LogP contribution in [0, 0.1) is 0 Å². The molecule has 0 saturated carbocycles. The zero-order chi connectivity index (χ0) is 21.1. The fourth-order valence-corrected chi connectivity index (χ4v) is 3.04. The van der Waals surface area contributed by atoms with Crippen molar-refractivity contribution in [1.29, 1.82) is 0 Å². The summed E-state index contributed by atoms with van der Waals surface area (Å²) in [6.07, 6.45) is 0.764. The molecule has 3 aromatic rings. The molecule has 0 aliphatic heterocycles. The maximum absolute atomic E-state index is 13.1. The molecule has 9 heteroatoms. The van der Waals surface area contributed by atoms with E-state index >= 15 is 0 Å². The predicted molar refractivity (Wildman–Crippen MR) is 102 cm³/mol. The lowest BCUT2D eigenvalue weighted by molar-refractivity contribution is -0.118. The molecule has 0 bridgehead atoms. The summed E-state index contributed by atoms with van der Waals surface area (Å²) in [5, 5.41) is 10.5. The van der Waals surface area contributed by atoms with Gasteiger partial charge in [0.15, 0.2) is 11.2 Å². The molecule has 152 valence electrons. The molecule has 3 N–H and O–H groups in total. The fraction of sp³-hybridized carbons (Fsp3) is 0.250. The molecular weight excluding hydrogens is 382 g/mol. The highest BCUT2D eigenvalue weighted by Gasteiger charge is 2.28. The number of ether oxygens (including phenoxy) is 2. The number of carbonyl (C=O) groups is 1. The zero-order valence-electron chi connectivity index (χ0n) is 15.8. The van der Waals surface area contributed by atoms with Gasteiger partial charge in [-0.15, -0.1) is 0 Å². The molecule has 9 nitrogen and oxygen atoms in total. The maximum atomic E-state index is 13.1. The van der Waals surface area contributed by atoms with Gasteiger partial charge in [0.2, 0.25) is 17.1 Å². The Bertz CT molecular complexity index is 1180. The van der Waals surface area contributed by atoms with Crippen molar-refractivity contribution in [3.8, 4) is 11.5 Å². The Morgan fingerprint density at radius 2 is 2.00 bits per heavy atom. The Morgan fingerprint density at radius 3 is 2.66 bits per heavy atom. The molecule has 1 atom stereocenters. The molecule has 0 aliphatic carbocycles. The van der Waals surface area contributed by atoms with E-state index in [4.69, 9.17) is 24.0 Å². The fourth-order valence-electron chi connectivity index (χ4n) is 3.04. The van der Waals surface area contributed by atoms with Crippen LogP contribution in [-0.4, -0.2) is 25.2 Å². The minimum Gasteiger partial charge on any atom is -0.502 e. The van der Waals surface area contributed by atoms with Gasteiger partial charge in [-0.2, -0.15) is 0 Å². The number of aromatic hydroxyl groups is 1. The van der Waals surface area contributed by atoms with Gasteiger partial charge in [0.1, 0.15) is 23.7 Å². The van der Waals surface area contributed by atoms with E-state index in [1.807, 2.05) is 0 Å². The Morgan fingerprint density at radius 1 is 1.24 bits per heavy atom. The lowest BCUT2D eigenvalue weighted by Crippen LogP contribution is -2.22. The lowest BCUT2D eigenvalue weighted by Gasteiger charge is -2.16. The third-order valence-corrected chi connectivity index (χ3v) is 4.39. The van der Waals surface area contributed by atoms with E-state index in [9.17, 15) is 19.5 Å².